The quantitative estimate of drug-likeness (QED) is 0.833. The molecule has 24 heavy (non-hydrogen) atoms. The number of aliphatic hydroxyl groups is 2. The first kappa shape index (κ1) is 17.9. The molecular weight excluding hydrogens is 300 g/mol. The smallest absolute Gasteiger partial charge is 0.0475 e. The summed E-state index contributed by atoms with van der Waals surface area (Å²) >= 11 is 0. The van der Waals surface area contributed by atoms with Crippen molar-refractivity contribution in [1.82, 2.24) is 9.80 Å². The van der Waals surface area contributed by atoms with Crippen molar-refractivity contribution >= 4 is 0 Å². The molecule has 0 aromatic heterocycles. The van der Waals surface area contributed by atoms with E-state index in [1.165, 1.54) is 11.1 Å². The zero-order valence-corrected chi connectivity index (χ0v) is 14.9. The Morgan fingerprint density at radius 2 is 1.75 bits per heavy atom. The number of hydrogen-bond donors (Lipinski definition) is 2. The molecule has 2 atom stereocenters. The van der Waals surface area contributed by atoms with Gasteiger partial charge in [-0.1, -0.05) is 29.8 Å². The summed E-state index contributed by atoms with van der Waals surface area (Å²) in [6.45, 7) is 9.12. The molecule has 2 fully saturated rings. The molecule has 2 saturated heterocycles. The molecule has 0 saturated carbocycles. The molecule has 3 rings (SSSR count). The molecule has 0 aliphatic carbocycles. The van der Waals surface area contributed by atoms with Crippen LogP contribution < -0.4 is 0 Å². The maximum atomic E-state index is 9.80. The number of benzene rings is 1. The van der Waals surface area contributed by atoms with Gasteiger partial charge >= 0.3 is 0 Å². The van der Waals surface area contributed by atoms with Crippen LogP contribution in [-0.4, -0.2) is 66.0 Å². The van der Waals surface area contributed by atoms with Crippen LogP contribution in [-0.2, 0) is 6.54 Å². The topological polar surface area (TPSA) is 46.9 Å². The Labute approximate surface area is 146 Å². The summed E-state index contributed by atoms with van der Waals surface area (Å²) in [4.78, 5) is 5.04. The fourth-order valence-electron chi connectivity index (χ4n) is 4.33. The van der Waals surface area contributed by atoms with Crippen LogP contribution in [0.3, 0.4) is 0 Å². The number of rotatable bonds is 6. The fraction of sp³-hybridized carbons (Fsp3) is 0.700. The van der Waals surface area contributed by atoms with E-state index in [9.17, 15) is 10.2 Å². The van der Waals surface area contributed by atoms with Gasteiger partial charge in [-0.15, -0.1) is 0 Å². The molecule has 2 heterocycles. The lowest BCUT2D eigenvalue weighted by atomic mass is 9.93. The molecule has 1 aromatic rings. The predicted octanol–water partition coefficient (Wildman–Crippen LogP) is 1.74. The van der Waals surface area contributed by atoms with Gasteiger partial charge in [0.1, 0.15) is 0 Å². The minimum Gasteiger partial charge on any atom is -0.396 e. The molecule has 2 N–H and O–H groups in total. The Balaban J connectivity index is 1.52. The second-order valence-corrected chi connectivity index (χ2v) is 7.81. The molecule has 2 aliphatic heterocycles. The third kappa shape index (κ3) is 4.57. The Hall–Kier alpha value is -0.940. The lowest BCUT2D eigenvalue weighted by molar-refractivity contribution is 0.106. The maximum Gasteiger partial charge on any atom is 0.0475 e. The van der Waals surface area contributed by atoms with Crippen LogP contribution in [0.15, 0.2) is 24.3 Å². The molecule has 4 nitrogen and oxygen atoms in total. The highest BCUT2D eigenvalue weighted by molar-refractivity contribution is 5.22. The van der Waals surface area contributed by atoms with E-state index in [0.29, 0.717) is 31.0 Å². The van der Waals surface area contributed by atoms with E-state index < -0.39 is 0 Å². The highest BCUT2D eigenvalue weighted by atomic mass is 16.3. The van der Waals surface area contributed by atoms with Crippen molar-refractivity contribution in [3.63, 3.8) is 0 Å². The molecule has 0 amide bonds. The molecule has 0 spiro atoms. The molecule has 0 unspecified atom stereocenters. The number of nitrogens with zero attached hydrogens (tertiary/aromatic N) is 2. The first-order chi connectivity index (χ1) is 11.7. The normalized spacial score (nSPS) is 27.0. The van der Waals surface area contributed by atoms with Crippen molar-refractivity contribution in [1.29, 1.82) is 0 Å². The van der Waals surface area contributed by atoms with Gasteiger partial charge in [0.05, 0.1) is 0 Å². The highest BCUT2D eigenvalue weighted by Crippen LogP contribution is 2.27. The summed E-state index contributed by atoms with van der Waals surface area (Å²) in [5, 5.41) is 19.1. The molecule has 0 radical (unpaired) electrons. The van der Waals surface area contributed by atoms with Crippen LogP contribution in [0.2, 0.25) is 0 Å². The van der Waals surface area contributed by atoms with Gasteiger partial charge in [0.15, 0.2) is 0 Å². The Morgan fingerprint density at radius 1 is 1.00 bits per heavy atom. The molecule has 4 heteroatoms. The zero-order valence-electron chi connectivity index (χ0n) is 14.9. The number of hydrogen-bond acceptors (Lipinski definition) is 4. The first-order valence-electron chi connectivity index (χ1n) is 9.40. The number of likely N-dealkylation sites (tertiary alicyclic amines) is 2. The van der Waals surface area contributed by atoms with Gasteiger partial charge in [0, 0.05) is 39.4 Å². The third-order valence-electron chi connectivity index (χ3n) is 5.83. The maximum absolute atomic E-state index is 9.80. The molecular formula is C20H32N2O2. The average Bonchev–Trinajstić information content (AvgIpc) is 2.97. The van der Waals surface area contributed by atoms with E-state index in [-0.39, 0.29) is 0 Å². The van der Waals surface area contributed by atoms with Crippen molar-refractivity contribution in [2.75, 3.05) is 45.9 Å². The van der Waals surface area contributed by atoms with Gasteiger partial charge in [-0.2, -0.15) is 0 Å². The number of aryl methyl sites for hydroxylation is 1. The van der Waals surface area contributed by atoms with E-state index in [4.69, 9.17) is 0 Å². The van der Waals surface area contributed by atoms with E-state index in [0.717, 1.165) is 52.1 Å². The zero-order chi connectivity index (χ0) is 16.9. The number of piperidine rings is 1. The first-order valence-corrected chi connectivity index (χ1v) is 9.40. The highest BCUT2D eigenvalue weighted by Gasteiger charge is 2.34. The van der Waals surface area contributed by atoms with Crippen LogP contribution in [0, 0.1) is 24.7 Å². The van der Waals surface area contributed by atoms with Gasteiger partial charge in [-0.3, -0.25) is 4.90 Å². The van der Waals surface area contributed by atoms with Crippen LogP contribution >= 0.6 is 0 Å². The minimum atomic E-state index is 0.294. The molecule has 0 bridgehead atoms. The van der Waals surface area contributed by atoms with Crippen LogP contribution in [0.4, 0.5) is 0 Å². The summed E-state index contributed by atoms with van der Waals surface area (Å²) in [7, 11) is 0. The van der Waals surface area contributed by atoms with E-state index in [2.05, 4.69) is 41.0 Å². The standard InChI is InChI=1S/C20H32N2O2/c1-16-3-2-4-18(9-16)10-22-12-19(20(13-22)15-24)11-21-7-5-17(14-23)6-8-21/h2-4,9,17,19-20,23-24H,5-8,10-15H2,1H3/t19-,20-/m1/s1. The Morgan fingerprint density at radius 3 is 2.42 bits per heavy atom. The Kier molecular flexibility index (Phi) is 6.28. The van der Waals surface area contributed by atoms with Crippen molar-refractivity contribution in [2.45, 2.75) is 26.3 Å². The fourth-order valence-corrected chi connectivity index (χ4v) is 4.33. The monoisotopic (exact) mass is 332 g/mol. The molecule has 1 aromatic carbocycles. The SMILES string of the molecule is Cc1cccc(CN2C[C@@H](CN3CCC(CO)CC3)[C@@H](CO)C2)c1. The average molecular weight is 332 g/mol. The van der Waals surface area contributed by atoms with Crippen molar-refractivity contribution in [3.8, 4) is 0 Å². The summed E-state index contributed by atoms with van der Waals surface area (Å²) in [5.41, 5.74) is 2.69. The van der Waals surface area contributed by atoms with E-state index in [1.54, 1.807) is 0 Å². The third-order valence-corrected chi connectivity index (χ3v) is 5.83. The minimum absolute atomic E-state index is 0.294. The van der Waals surface area contributed by atoms with Gasteiger partial charge in [-0.05, 0) is 56.2 Å². The number of aliphatic hydroxyl groups excluding tert-OH is 2. The lowest BCUT2D eigenvalue weighted by Gasteiger charge is -2.33. The van der Waals surface area contributed by atoms with Gasteiger partial charge in [0.2, 0.25) is 0 Å². The predicted molar refractivity (Wildman–Crippen MR) is 96.8 cm³/mol. The molecule has 134 valence electrons. The summed E-state index contributed by atoms with van der Waals surface area (Å²) in [6, 6.07) is 8.74. The molecule has 2 aliphatic rings. The van der Waals surface area contributed by atoms with E-state index >= 15 is 0 Å². The second kappa shape index (κ2) is 8.43. The van der Waals surface area contributed by atoms with Crippen LogP contribution in [0.1, 0.15) is 24.0 Å². The van der Waals surface area contributed by atoms with Crippen LogP contribution in [0.25, 0.3) is 0 Å². The largest absolute Gasteiger partial charge is 0.396 e. The second-order valence-electron chi connectivity index (χ2n) is 7.81. The summed E-state index contributed by atoms with van der Waals surface area (Å²) in [6.07, 6.45) is 2.22. The van der Waals surface area contributed by atoms with Crippen LogP contribution in [0.5, 0.6) is 0 Å². The van der Waals surface area contributed by atoms with Gasteiger partial charge in [-0.25, -0.2) is 0 Å². The van der Waals surface area contributed by atoms with Crippen molar-refractivity contribution in [3.05, 3.63) is 35.4 Å². The van der Waals surface area contributed by atoms with Gasteiger partial charge < -0.3 is 15.1 Å². The summed E-state index contributed by atoms with van der Waals surface area (Å²) < 4.78 is 0. The summed E-state index contributed by atoms with van der Waals surface area (Å²) in [5.74, 6) is 1.45. The van der Waals surface area contributed by atoms with Crippen molar-refractivity contribution < 1.29 is 10.2 Å². The van der Waals surface area contributed by atoms with E-state index in [1.807, 2.05) is 0 Å². The van der Waals surface area contributed by atoms with Gasteiger partial charge in [0.25, 0.3) is 0 Å². The lowest BCUT2D eigenvalue weighted by Crippen LogP contribution is -2.40. The Bertz CT molecular complexity index is 514. The van der Waals surface area contributed by atoms with Crippen molar-refractivity contribution in [2.24, 2.45) is 17.8 Å².